The normalized spacial score (nSPS) is 16.4. The number of likely N-dealkylation sites (N-methyl/N-ethyl adjacent to an activating group) is 1. The van der Waals surface area contributed by atoms with Crippen LogP contribution in [-0.4, -0.2) is 56.0 Å². The molecule has 1 fully saturated rings. The van der Waals surface area contributed by atoms with Crippen molar-refractivity contribution in [1.29, 1.82) is 0 Å². The molecule has 1 atom stereocenters. The summed E-state index contributed by atoms with van der Waals surface area (Å²) in [6.07, 6.45) is 2.46. The highest BCUT2D eigenvalue weighted by Gasteiger charge is 2.18. The van der Waals surface area contributed by atoms with Gasteiger partial charge in [-0.3, -0.25) is 4.99 Å². The minimum Gasteiger partial charge on any atom is -0.357 e. The van der Waals surface area contributed by atoms with E-state index in [0.717, 1.165) is 31.2 Å². The Morgan fingerprint density at radius 3 is 2.61 bits per heavy atom. The topological polar surface area (TPSA) is 30.9 Å². The maximum atomic E-state index is 13.5. The summed E-state index contributed by atoms with van der Waals surface area (Å²) in [4.78, 5) is 9.19. The average molecular weight is 434 g/mol. The second-order valence-corrected chi connectivity index (χ2v) is 5.92. The van der Waals surface area contributed by atoms with E-state index >= 15 is 0 Å². The van der Waals surface area contributed by atoms with E-state index in [0.29, 0.717) is 6.54 Å². The van der Waals surface area contributed by atoms with Crippen molar-refractivity contribution in [3.8, 4) is 0 Å². The molecule has 1 aliphatic heterocycles. The second kappa shape index (κ2) is 10.1. The lowest BCUT2D eigenvalue weighted by Crippen LogP contribution is -2.40. The van der Waals surface area contributed by atoms with Crippen molar-refractivity contribution in [2.45, 2.75) is 25.8 Å². The van der Waals surface area contributed by atoms with Gasteiger partial charge in [-0.1, -0.05) is 12.1 Å². The molecule has 2 rings (SSSR count). The number of nitrogens with zero attached hydrogens (tertiary/aromatic N) is 3. The van der Waals surface area contributed by atoms with Crippen molar-refractivity contribution in [2.24, 2.45) is 4.99 Å². The average Bonchev–Trinajstić information content (AvgIpc) is 3.00. The molecule has 0 amide bonds. The predicted octanol–water partition coefficient (Wildman–Crippen LogP) is 3.11. The zero-order valence-corrected chi connectivity index (χ0v) is 16.6. The van der Waals surface area contributed by atoms with E-state index in [9.17, 15) is 4.39 Å². The molecule has 0 radical (unpaired) electrons. The molecule has 23 heavy (non-hydrogen) atoms. The van der Waals surface area contributed by atoms with E-state index in [2.05, 4.69) is 22.0 Å². The fourth-order valence-corrected chi connectivity index (χ4v) is 2.81. The number of rotatable bonds is 5. The fraction of sp³-hybridized carbons (Fsp3) is 0.588. The van der Waals surface area contributed by atoms with Gasteiger partial charge in [-0.2, -0.15) is 0 Å². The molecule has 1 N–H and O–H groups in total. The first-order valence-electron chi connectivity index (χ1n) is 8.07. The Balaban J connectivity index is 0.00000264. The van der Waals surface area contributed by atoms with Crippen LogP contribution in [0.5, 0.6) is 0 Å². The number of halogens is 2. The molecular formula is C17H28FIN4. The van der Waals surface area contributed by atoms with E-state index < -0.39 is 0 Å². The first kappa shape index (κ1) is 20.2. The van der Waals surface area contributed by atoms with Crippen molar-refractivity contribution < 1.29 is 4.39 Å². The Hall–Kier alpha value is -0.890. The summed E-state index contributed by atoms with van der Waals surface area (Å²) in [6.45, 7) is 5.70. The van der Waals surface area contributed by atoms with Gasteiger partial charge in [0.05, 0.1) is 12.6 Å². The van der Waals surface area contributed by atoms with Crippen LogP contribution in [0.3, 0.4) is 0 Å². The summed E-state index contributed by atoms with van der Waals surface area (Å²) in [5.41, 5.74) is 0.964. The van der Waals surface area contributed by atoms with Crippen molar-refractivity contribution in [2.75, 3.05) is 40.3 Å². The van der Waals surface area contributed by atoms with Gasteiger partial charge in [-0.25, -0.2) is 4.39 Å². The number of benzene rings is 1. The molecule has 1 aliphatic rings. The Bertz CT molecular complexity index is 501. The summed E-state index contributed by atoms with van der Waals surface area (Å²) >= 11 is 0. The molecule has 0 spiro atoms. The molecule has 0 saturated carbocycles. The van der Waals surface area contributed by atoms with Crippen LogP contribution in [0, 0.1) is 5.82 Å². The number of nitrogens with one attached hydrogen (secondary N) is 1. The lowest BCUT2D eigenvalue weighted by molar-refractivity contribution is 0.304. The number of likely N-dealkylation sites (tertiary alicyclic amines) is 1. The first-order chi connectivity index (χ1) is 10.6. The van der Waals surface area contributed by atoms with Gasteiger partial charge in [0.2, 0.25) is 0 Å². The van der Waals surface area contributed by atoms with Gasteiger partial charge in [0.15, 0.2) is 5.96 Å². The first-order valence-corrected chi connectivity index (χ1v) is 8.07. The highest BCUT2D eigenvalue weighted by atomic mass is 127. The molecule has 1 saturated heterocycles. The third-order valence-corrected chi connectivity index (χ3v) is 4.01. The van der Waals surface area contributed by atoms with Gasteiger partial charge in [0.1, 0.15) is 5.82 Å². The van der Waals surface area contributed by atoms with Crippen LogP contribution in [0.1, 0.15) is 31.4 Å². The molecule has 0 bridgehead atoms. The number of aliphatic imine (C=N–C) groups is 1. The van der Waals surface area contributed by atoms with Crippen LogP contribution in [0.25, 0.3) is 0 Å². The Morgan fingerprint density at radius 1 is 1.35 bits per heavy atom. The molecule has 130 valence electrons. The van der Waals surface area contributed by atoms with Gasteiger partial charge in [0.25, 0.3) is 0 Å². The third kappa shape index (κ3) is 5.91. The Labute approximate surface area is 156 Å². The zero-order valence-electron chi connectivity index (χ0n) is 14.3. The highest BCUT2D eigenvalue weighted by molar-refractivity contribution is 14.0. The lowest BCUT2D eigenvalue weighted by atomic mass is 10.1. The molecule has 1 unspecified atom stereocenters. The summed E-state index contributed by atoms with van der Waals surface area (Å²) < 4.78 is 13.5. The van der Waals surface area contributed by atoms with Crippen molar-refractivity contribution >= 4 is 29.9 Å². The van der Waals surface area contributed by atoms with E-state index in [1.807, 2.05) is 20.2 Å². The van der Waals surface area contributed by atoms with Crippen LogP contribution in [0.2, 0.25) is 0 Å². The summed E-state index contributed by atoms with van der Waals surface area (Å²) in [6, 6.07) is 6.88. The van der Waals surface area contributed by atoms with Gasteiger partial charge >= 0.3 is 0 Å². The summed E-state index contributed by atoms with van der Waals surface area (Å²) in [5.74, 6) is 0.781. The van der Waals surface area contributed by atoms with Crippen molar-refractivity contribution in [3.63, 3.8) is 0 Å². The van der Waals surface area contributed by atoms with Crippen LogP contribution >= 0.6 is 24.0 Å². The van der Waals surface area contributed by atoms with E-state index in [-0.39, 0.29) is 35.8 Å². The number of hydrogen-bond acceptors (Lipinski definition) is 2. The monoisotopic (exact) mass is 434 g/mol. The molecule has 1 aromatic carbocycles. The SMILES string of the molecule is CCNC(=NCC(c1cccc(F)c1)N(C)C)N1CCCC1.I. The molecule has 1 aromatic rings. The Morgan fingerprint density at radius 2 is 2.04 bits per heavy atom. The second-order valence-electron chi connectivity index (χ2n) is 5.92. The number of hydrogen-bond donors (Lipinski definition) is 1. The van der Waals surface area contributed by atoms with E-state index in [1.165, 1.54) is 18.9 Å². The van der Waals surface area contributed by atoms with Gasteiger partial charge in [-0.15, -0.1) is 24.0 Å². The quantitative estimate of drug-likeness (QED) is 0.439. The molecule has 0 aromatic heterocycles. The van der Waals surface area contributed by atoms with Gasteiger partial charge in [-0.05, 0) is 51.6 Å². The predicted molar refractivity (Wildman–Crippen MR) is 105 cm³/mol. The molecule has 4 nitrogen and oxygen atoms in total. The number of guanidine groups is 1. The van der Waals surface area contributed by atoms with E-state index in [1.54, 1.807) is 12.1 Å². The summed E-state index contributed by atoms with van der Waals surface area (Å²) in [5, 5.41) is 3.37. The van der Waals surface area contributed by atoms with Crippen molar-refractivity contribution in [1.82, 2.24) is 15.1 Å². The van der Waals surface area contributed by atoms with Gasteiger partial charge < -0.3 is 15.1 Å². The van der Waals surface area contributed by atoms with E-state index in [4.69, 9.17) is 4.99 Å². The van der Waals surface area contributed by atoms with Crippen molar-refractivity contribution in [3.05, 3.63) is 35.6 Å². The fourth-order valence-electron chi connectivity index (χ4n) is 2.81. The standard InChI is InChI=1S/C17H27FN4.HI/c1-4-19-17(22-10-5-6-11-22)20-13-16(21(2)3)14-8-7-9-15(18)12-14;/h7-9,12,16H,4-6,10-11,13H2,1-3H3,(H,19,20);1H. The highest BCUT2D eigenvalue weighted by Crippen LogP contribution is 2.20. The smallest absolute Gasteiger partial charge is 0.193 e. The molecule has 0 aliphatic carbocycles. The van der Waals surface area contributed by atoms with Crippen LogP contribution in [0.4, 0.5) is 4.39 Å². The largest absolute Gasteiger partial charge is 0.357 e. The minimum atomic E-state index is -0.195. The van der Waals surface area contributed by atoms with Gasteiger partial charge in [0, 0.05) is 19.6 Å². The minimum absolute atomic E-state index is 0. The summed E-state index contributed by atoms with van der Waals surface area (Å²) in [7, 11) is 4.02. The lowest BCUT2D eigenvalue weighted by Gasteiger charge is -2.25. The maximum Gasteiger partial charge on any atom is 0.193 e. The third-order valence-electron chi connectivity index (χ3n) is 4.01. The van der Waals surface area contributed by atoms with Crippen LogP contribution < -0.4 is 5.32 Å². The molecular weight excluding hydrogens is 406 g/mol. The molecule has 1 heterocycles. The van der Waals surface area contributed by atoms with Crippen LogP contribution in [-0.2, 0) is 0 Å². The Kier molecular flexibility index (Phi) is 8.83. The maximum absolute atomic E-state index is 13.5. The zero-order chi connectivity index (χ0) is 15.9. The van der Waals surface area contributed by atoms with Crippen LogP contribution in [0.15, 0.2) is 29.3 Å². The molecule has 6 heteroatoms.